The smallest absolute Gasteiger partial charge is 0.446 e. The minimum Gasteiger partial charge on any atom is -0.479 e. The van der Waals surface area contributed by atoms with Crippen molar-refractivity contribution in [2.45, 2.75) is 12.5 Å². The zero-order valence-electron chi connectivity index (χ0n) is 10.9. The maximum atomic E-state index is 11.6. The van der Waals surface area contributed by atoms with E-state index in [-0.39, 0.29) is 17.7 Å². The molecular weight excluding hydrogens is 320 g/mol. The van der Waals surface area contributed by atoms with Crippen molar-refractivity contribution in [2.24, 2.45) is 5.73 Å². The zero-order valence-corrected chi connectivity index (χ0v) is 11.7. The number of carbonyl (C=O) groups is 3. The van der Waals surface area contributed by atoms with E-state index in [0.29, 0.717) is 0 Å². The number of carboxylic acid groups (broad SMARTS) is 1. The van der Waals surface area contributed by atoms with E-state index in [9.17, 15) is 22.8 Å². The van der Waals surface area contributed by atoms with E-state index in [1.165, 1.54) is 18.2 Å². The number of primary amides is 1. The van der Waals surface area contributed by atoms with Gasteiger partial charge in [-0.2, -0.15) is 8.42 Å². The molecule has 2 amide bonds. The molecule has 0 aliphatic carbocycles. The molecule has 0 spiro atoms. The second-order valence-electron chi connectivity index (χ2n) is 4.08. The van der Waals surface area contributed by atoms with Gasteiger partial charge in [0.15, 0.2) is 0 Å². The first-order valence-electron chi connectivity index (χ1n) is 5.66. The Balaban J connectivity index is 2.78. The predicted molar refractivity (Wildman–Crippen MR) is 71.1 cm³/mol. The van der Waals surface area contributed by atoms with Crippen LogP contribution in [0.5, 0.6) is 5.75 Å². The van der Waals surface area contributed by atoms with Crippen molar-refractivity contribution in [3.8, 4) is 5.75 Å². The Bertz CT molecular complexity index is 686. The largest absolute Gasteiger partial charge is 0.479 e. The summed E-state index contributed by atoms with van der Waals surface area (Å²) in [5.74, 6) is -3.90. The van der Waals surface area contributed by atoms with Gasteiger partial charge in [-0.15, -0.1) is 0 Å². The van der Waals surface area contributed by atoms with E-state index in [1.54, 1.807) is 0 Å². The molecule has 0 aliphatic rings. The zero-order chi connectivity index (χ0) is 16.9. The van der Waals surface area contributed by atoms with Gasteiger partial charge in [0.25, 0.3) is 5.91 Å². The van der Waals surface area contributed by atoms with Gasteiger partial charge in [-0.05, 0) is 17.7 Å². The summed E-state index contributed by atoms with van der Waals surface area (Å²) in [6, 6.07) is 3.28. The van der Waals surface area contributed by atoms with E-state index in [4.69, 9.17) is 15.4 Å². The first-order chi connectivity index (χ1) is 10.1. The van der Waals surface area contributed by atoms with Crippen molar-refractivity contribution in [2.75, 3.05) is 0 Å². The monoisotopic (exact) mass is 332 g/mol. The number of hydrogen-bond donors (Lipinski definition) is 4. The quantitative estimate of drug-likeness (QED) is 0.343. The van der Waals surface area contributed by atoms with Crippen molar-refractivity contribution in [3.63, 3.8) is 0 Å². The molecule has 120 valence electrons. The number of benzene rings is 1. The van der Waals surface area contributed by atoms with E-state index in [1.807, 2.05) is 5.32 Å². The average molecular weight is 332 g/mol. The number of rotatable bonds is 7. The molecule has 0 saturated carbocycles. The summed E-state index contributed by atoms with van der Waals surface area (Å²) in [7, 11) is -4.70. The number of nitrogens with one attached hydrogen (secondary N) is 1. The Morgan fingerprint density at radius 1 is 1.32 bits per heavy atom. The van der Waals surface area contributed by atoms with Crippen LogP contribution in [-0.4, -0.2) is 41.9 Å². The van der Waals surface area contributed by atoms with Crippen LogP contribution >= 0.6 is 0 Å². The van der Waals surface area contributed by atoms with Gasteiger partial charge in [-0.25, -0.2) is 4.79 Å². The van der Waals surface area contributed by atoms with Crippen LogP contribution in [0.2, 0.25) is 0 Å². The molecule has 1 aromatic carbocycles. The first kappa shape index (κ1) is 17.4. The van der Waals surface area contributed by atoms with Gasteiger partial charge in [0.2, 0.25) is 11.9 Å². The van der Waals surface area contributed by atoms with Crippen LogP contribution in [-0.2, 0) is 31.2 Å². The molecule has 0 heterocycles. The van der Waals surface area contributed by atoms with Crippen LogP contribution < -0.4 is 15.2 Å². The minimum atomic E-state index is -4.70. The highest BCUT2D eigenvalue weighted by atomic mass is 32.3. The van der Waals surface area contributed by atoms with Crippen LogP contribution in [0.4, 0.5) is 0 Å². The molecule has 0 bridgehead atoms. The molecule has 5 N–H and O–H groups in total. The lowest BCUT2D eigenvalue weighted by Crippen LogP contribution is -2.50. The maximum Gasteiger partial charge on any atom is 0.446 e. The van der Waals surface area contributed by atoms with Gasteiger partial charge in [0, 0.05) is 0 Å². The molecule has 0 saturated heterocycles. The van der Waals surface area contributed by atoms with Crippen molar-refractivity contribution in [1.82, 2.24) is 5.32 Å². The molecule has 1 aromatic rings. The van der Waals surface area contributed by atoms with Gasteiger partial charge < -0.3 is 20.3 Å². The predicted octanol–water partition coefficient (Wildman–Crippen LogP) is -1.53. The summed E-state index contributed by atoms with van der Waals surface area (Å²) >= 11 is 0. The highest BCUT2D eigenvalue weighted by Gasteiger charge is 2.25. The lowest BCUT2D eigenvalue weighted by atomic mass is 10.1. The van der Waals surface area contributed by atoms with Crippen LogP contribution in [0.3, 0.4) is 0 Å². The second kappa shape index (κ2) is 6.87. The van der Waals surface area contributed by atoms with Crippen molar-refractivity contribution < 1.29 is 36.6 Å². The molecule has 1 rings (SSSR count). The maximum absolute atomic E-state index is 11.6. The summed E-state index contributed by atoms with van der Waals surface area (Å²) in [5.41, 5.74) is 5.08. The van der Waals surface area contributed by atoms with Crippen molar-refractivity contribution in [3.05, 3.63) is 29.8 Å². The fourth-order valence-electron chi connectivity index (χ4n) is 1.48. The summed E-state index contributed by atoms with van der Waals surface area (Å²) in [6.07, 6.45) is -0.361. The lowest BCUT2D eigenvalue weighted by molar-refractivity contribution is -0.145. The average Bonchev–Trinajstić information content (AvgIpc) is 2.33. The SMILES string of the molecule is NC(=O)[C@H](NC(=O)Cc1cccc(OS(=O)(=O)O)c1)C(=O)O. The van der Waals surface area contributed by atoms with Crippen molar-refractivity contribution in [1.29, 1.82) is 0 Å². The van der Waals surface area contributed by atoms with Gasteiger partial charge in [-0.1, -0.05) is 12.1 Å². The third kappa shape index (κ3) is 5.76. The Morgan fingerprint density at radius 2 is 1.95 bits per heavy atom. The van der Waals surface area contributed by atoms with Gasteiger partial charge in [0.05, 0.1) is 6.42 Å². The van der Waals surface area contributed by atoms with Crippen LogP contribution in [0, 0.1) is 0 Å². The molecule has 10 nitrogen and oxygen atoms in total. The number of nitrogens with two attached hydrogens (primary N) is 1. The molecule has 0 radical (unpaired) electrons. The normalized spacial score (nSPS) is 12.2. The van der Waals surface area contributed by atoms with E-state index in [2.05, 4.69) is 4.18 Å². The van der Waals surface area contributed by atoms with Gasteiger partial charge in [-0.3, -0.25) is 14.1 Å². The standard InChI is InChI=1S/C11H12N2O8S/c12-10(15)9(11(16)17)13-8(14)5-6-2-1-3-7(4-6)21-22(18,19)20/h1-4,9H,5H2,(H2,12,15)(H,13,14)(H,16,17)(H,18,19,20)/t9-/m0/s1. The van der Waals surface area contributed by atoms with Gasteiger partial charge >= 0.3 is 16.4 Å². The number of hydrogen-bond acceptors (Lipinski definition) is 6. The van der Waals surface area contributed by atoms with E-state index < -0.39 is 34.2 Å². The molecular formula is C11H12N2O8S. The Hall–Kier alpha value is -2.66. The first-order valence-corrected chi connectivity index (χ1v) is 7.02. The molecule has 0 aliphatic heterocycles. The fourth-order valence-corrected chi connectivity index (χ4v) is 1.83. The number of aliphatic carboxylic acids is 1. The van der Waals surface area contributed by atoms with Crippen LogP contribution in [0.15, 0.2) is 24.3 Å². The Labute approximate surface area is 124 Å². The molecule has 22 heavy (non-hydrogen) atoms. The summed E-state index contributed by atoms with van der Waals surface area (Å²) in [6.45, 7) is 0. The van der Waals surface area contributed by atoms with Crippen LogP contribution in [0.25, 0.3) is 0 Å². The summed E-state index contributed by atoms with van der Waals surface area (Å²) < 4.78 is 33.9. The summed E-state index contributed by atoms with van der Waals surface area (Å²) in [5, 5.41) is 10.6. The van der Waals surface area contributed by atoms with Gasteiger partial charge in [0.1, 0.15) is 5.75 Å². The lowest BCUT2D eigenvalue weighted by Gasteiger charge is -2.11. The van der Waals surface area contributed by atoms with Crippen molar-refractivity contribution >= 4 is 28.2 Å². The minimum absolute atomic E-state index is 0.238. The highest BCUT2D eigenvalue weighted by Crippen LogP contribution is 2.15. The third-order valence-corrected chi connectivity index (χ3v) is 2.70. The Kier molecular flexibility index (Phi) is 5.43. The van der Waals surface area contributed by atoms with Crippen LogP contribution in [0.1, 0.15) is 5.56 Å². The number of amides is 2. The Morgan fingerprint density at radius 3 is 2.45 bits per heavy atom. The fraction of sp³-hybridized carbons (Fsp3) is 0.182. The topological polar surface area (TPSA) is 173 Å². The highest BCUT2D eigenvalue weighted by molar-refractivity contribution is 7.81. The number of carboxylic acids is 1. The molecule has 0 unspecified atom stereocenters. The summed E-state index contributed by atoms with van der Waals surface area (Å²) in [4.78, 5) is 33.2. The van der Waals surface area contributed by atoms with E-state index >= 15 is 0 Å². The molecule has 0 aromatic heterocycles. The number of carbonyl (C=O) groups excluding carboxylic acids is 2. The third-order valence-electron chi connectivity index (χ3n) is 2.30. The molecule has 1 atom stereocenters. The molecule has 0 fully saturated rings. The second-order valence-corrected chi connectivity index (χ2v) is 5.10. The molecule has 11 heteroatoms. The van der Waals surface area contributed by atoms with E-state index in [0.717, 1.165) is 6.07 Å².